The summed E-state index contributed by atoms with van der Waals surface area (Å²) < 4.78 is 0. The summed E-state index contributed by atoms with van der Waals surface area (Å²) in [5.41, 5.74) is 0. The molecule has 2 fully saturated rings. The molecule has 3 nitrogen and oxygen atoms in total. The fourth-order valence-electron chi connectivity index (χ4n) is 3.75. The zero-order valence-corrected chi connectivity index (χ0v) is 11.6. The van der Waals surface area contributed by atoms with Crippen LogP contribution in [0.4, 0.5) is 0 Å². The van der Waals surface area contributed by atoms with E-state index < -0.39 is 0 Å². The summed E-state index contributed by atoms with van der Waals surface area (Å²) in [4.78, 5) is 2.42. The summed E-state index contributed by atoms with van der Waals surface area (Å²) in [7, 11) is 0. The summed E-state index contributed by atoms with van der Waals surface area (Å²) in [6.45, 7) is 2.20. The maximum absolute atomic E-state index is 10.2. The number of nitrogens with zero attached hydrogens (tertiary/aromatic N) is 1. The van der Waals surface area contributed by atoms with Gasteiger partial charge in [0, 0.05) is 19.2 Å². The van der Waals surface area contributed by atoms with E-state index in [2.05, 4.69) is 4.90 Å². The Morgan fingerprint density at radius 1 is 1.06 bits per heavy atom. The van der Waals surface area contributed by atoms with Gasteiger partial charge in [-0.15, -0.1) is 0 Å². The van der Waals surface area contributed by atoms with Crippen molar-refractivity contribution in [2.45, 2.75) is 69.9 Å². The van der Waals surface area contributed by atoms with E-state index in [1.54, 1.807) is 0 Å². The van der Waals surface area contributed by atoms with Crippen LogP contribution in [0.15, 0.2) is 0 Å². The second kappa shape index (κ2) is 7.46. The Bertz CT molecular complexity index is 227. The molecule has 0 bridgehead atoms. The maximum Gasteiger partial charge on any atom is 0.0669 e. The molecule has 3 heteroatoms. The molecule has 0 aromatic carbocycles. The molecule has 0 amide bonds. The van der Waals surface area contributed by atoms with Gasteiger partial charge in [-0.05, 0) is 38.1 Å². The molecule has 2 atom stereocenters. The van der Waals surface area contributed by atoms with Crippen molar-refractivity contribution in [3.8, 4) is 0 Å². The van der Waals surface area contributed by atoms with E-state index in [4.69, 9.17) is 5.11 Å². The quantitative estimate of drug-likeness (QED) is 0.764. The van der Waals surface area contributed by atoms with Crippen molar-refractivity contribution in [1.29, 1.82) is 0 Å². The highest BCUT2D eigenvalue weighted by Gasteiger charge is 2.25. The highest BCUT2D eigenvalue weighted by atomic mass is 16.3. The van der Waals surface area contributed by atoms with E-state index in [1.807, 2.05) is 0 Å². The van der Waals surface area contributed by atoms with E-state index in [9.17, 15) is 5.11 Å². The van der Waals surface area contributed by atoms with Gasteiger partial charge in [-0.2, -0.15) is 0 Å². The van der Waals surface area contributed by atoms with Gasteiger partial charge in [0.15, 0.2) is 0 Å². The Morgan fingerprint density at radius 2 is 1.78 bits per heavy atom. The highest BCUT2D eigenvalue weighted by Crippen LogP contribution is 2.29. The summed E-state index contributed by atoms with van der Waals surface area (Å²) in [6.07, 6.45) is 10.8. The molecule has 106 valence electrons. The predicted molar refractivity (Wildman–Crippen MR) is 73.5 cm³/mol. The molecule has 1 aliphatic heterocycles. The molecule has 2 aliphatic rings. The standard InChI is InChI=1S/C15H29NO2/c17-10-8-14-7-3-4-9-16(14)12-15(18)11-13-5-1-2-6-13/h13-15,17-18H,1-12H2. The normalized spacial score (nSPS) is 28.7. The van der Waals surface area contributed by atoms with E-state index >= 15 is 0 Å². The van der Waals surface area contributed by atoms with Gasteiger partial charge in [0.05, 0.1) is 6.10 Å². The second-order valence-corrected chi connectivity index (χ2v) is 6.20. The second-order valence-electron chi connectivity index (χ2n) is 6.20. The number of β-amino-alcohol motifs (C(OH)–C–C–N with tert-alkyl or cyclic N) is 1. The zero-order chi connectivity index (χ0) is 12.8. The van der Waals surface area contributed by atoms with Crippen molar-refractivity contribution in [2.24, 2.45) is 5.92 Å². The lowest BCUT2D eigenvalue weighted by Crippen LogP contribution is -2.44. The van der Waals surface area contributed by atoms with Crippen LogP contribution >= 0.6 is 0 Å². The van der Waals surface area contributed by atoms with Gasteiger partial charge in [-0.3, -0.25) is 4.90 Å². The first-order valence-corrected chi connectivity index (χ1v) is 7.82. The number of rotatable bonds is 6. The third kappa shape index (κ3) is 4.22. The number of aliphatic hydroxyl groups is 2. The first-order valence-electron chi connectivity index (χ1n) is 7.82. The minimum atomic E-state index is -0.160. The van der Waals surface area contributed by atoms with Gasteiger partial charge >= 0.3 is 0 Å². The molecular weight excluding hydrogens is 226 g/mol. The van der Waals surface area contributed by atoms with E-state index in [1.165, 1.54) is 44.9 Å². The summed E-state index contributed by atoms with van der Waals surface area (Å²) in [6, 6.07) is 0.502. The lowest BCUT2D eigenvalue weighted by atomic mass is 9.96. The van der Waals surface area contributed by atoms with Crippen LogP contribution in [0.2, 0.25) is 0 Å². The monoisotopic (exact) mass is 255 g/mol. The smallest absolute Gasteiger partial charge is 0.0669 e. The predicted octanol–water partition coefficient (Wildman–Crippen LogP) is 2.16. The molecule has 1 heterocycles. The lowest BCUT2D eigenvalue weighted by Gasteiger charge is -2.37. The third-order valence-corrected chi connectivity index (χ3v) is 4.74. The Morgan fingerprint density at radius 3 is 2.50 bits per heavy atom. The zero-order valence-electron chi connectivity index (χ0n) is 11.6. The highest BCUT2D eigenvalue weighted by molar-refractivity contribution is 4.80. The molecular formula is C15H29NO2. The topological polar surface area (TPSA) is 43.7 Å². The van der Waals surface area contributed by atoms with Crippen molar-refractivity contribution >= 4 is 0 Å². The fourth-order valence-corrected chi connectivity index (χ4v) is 3.75. The Kier molecular flexibility index (Phi) is 5.93. The molecule has 0 spiro atoms. The number of hydrogen-bond donors (Lipinski definition) is 2. The van der Waals surface area contributed by atoms with Crippen LogP contribution in [-0.4, -0.2) is 47.0 Å². The van der Waals surface area contributed by atoms with E-state index in [0.717, 1.165) is 31.8 Å². The van der Waals surface area contributed by atoms with E-state index in [-0.39, 0.29) is 12.7 Å². The molecule has 1 saturated carbocycles. The van der Waals surface area contributed by atoms with Crippen LogP contribution < -0.4 is 0 Å². The van der Waals surface area contributed by atoms with Crippen molar-refractivity contribution in [2.75, 3.05) is 19.7 Å². The SMILES string of the molecule is OCCC1CCCCN1CC(O)CC1CCCC1. The van der Waals surface area contributed by atoms with Crippen LogP contribution in [0.3, 0.4) is 0 Å². The summed E-state index contributed by atoms with van der Waals surface area (Å²) >= 11 is 0. The molecule has 18 heavy (non-hydrogen) atoms. The van der Waals surface area contributed by atoms with Gasteiger partial charge in [-0.1, -0.05) is 32.1 Å². The van der Waals surface area contributed by atoms with Crippen LogP contribution in [0.5, 0.6) is 0 Å². The van der Waals surface area contributed by atoms with Gasteiger partial charge in [0.2, 0.25) is 0 Å². The first kappa shape index (κ1) is 14.3. The Hall–Kier alpha value is -0.120. The molecule has 1 saturated heterocycles. The van der Waals surface area contributed by atoms with Crippen LogP contribution in [0.25, 0.3) is 0 Å². The van der Waals surface area contributed by atoms with Gasteiger partial charge in [-0.25, -0.2) is 0 Å². The molecule has 2 N–H and O–H groups in total. The maximum atomic E-state index is 10.2. The number of piperidine rings is 1. The Balaban J connectivity index is 1.74. The van der Waals surface area contributed by atoms with Crippen LogP contribution in [0, 0.1) is 5.92 Å². The number of likely N-dealkylation sites (tertiary alicyclic amines) is 1. The van der Waals surface area contributed by atoms with Gasteiger partial charge < -0.3 is 10.2 Å². The molecule has 0 radical (unpaired) electrons. The van der Waals surface area contributed by atoms with Crippen molar-refractivity contribution < 1.29 is 10.2 Å². The fraction of sp³-hybridized carbons (Fsp3) is 1.00. The first-order chi connectivity index (χ1) is 8.79. The molecule has 2 rings (SSSR count). The lowest BCUT2D eigenvalue weighted by molar-refractivity contribution is 0.0457. The number of aliphatic hydroxyl groups excluding tert-OH is 2. The summed E-state index contributed by atoms with van der Waals surface area (Å²) in [5.74, 6) is 0.765. The minimum absolute atomic E-state index is 0.160. The molecule has 2 unspecified atom stereocenters. The van der Waals surface area contributed by atoms with Crippen molar-refractivity contribution in [1.82, 2.24) is 4.90 Å². The third-order valence-electron chi connectivity index (χ3n) is 4.74. The Labute approximate surface area is 111 Å². The molecule has 0 aromatic rings. The van der Waals surface area contributed by atoms with Crippen molar-refractivity contribution in [3.63, 3.8) is 0 Å². The van der Waals surface area contributed by atoms with Crippen molar-refractivity contribution in [3.05, 3.63) is 0 Å². The summed E-state index contributed by atoms with van der Waals surface area (Å²) in [5, 5.41) is 19.4. The minimum Gasteiger partial charge on any atom is -0.396 e. The average molecular weight is 255 g/mol. The molecule has 1 aliphatic carbocycles. The largest absolute Gasteiger partial charge is 0.396 e. The number of hydrogen-bond acceptors (Lipinski definition) is 3. The van der Waals surface area contributed by atoms with Gasteiger partial charge in [0.1, 0.15) is 0 Å². The average Bonchev–Trinajstić information content (AvgIpc) is 2.84. The molecule has 0 aromatic heterocycles. The van der Waals surface area contributed by atoms with Crippen LogP contribution in [0.1, 0.15) is 57.8 Å². The van der Waals surface area contributed by atoms with Crippen LogP contribution in [-0.2, 0) is 0 Å². The van der Waals surface area contributed by atoms with E-state index in [0.29, 0.717) is 6.04 Å². The van der Waals surface area contributed by atoms with Gasteiger partial charge in [0.25, 0.3) is 0 Å².